The molecule has 0 saturated carbocycles. The Hall–Kier alpha value is -5.21. The maximum absolute atomic E-state index is 11.7. The summed E-state index contributed by atoms with van der Waals surface area (Å²) in [6.45, 7) is 0. The van der Waals surface area contributed by atoms with Crippen LogP contribution in [0.3, 0.4) is 0 Å². The Labute approximate surface area is 626 Å². The molecule has 0 radical (unpaired) electrons. The molecule has 0 aliphatic carbocycles. The van der Waals surface area contributed by atoms with Crippen molar-refractivity contribution in [3.63, 3.8) is 0 Å². The van der Waals surface area contributed by atoms with Crippen LogP contribution < -0.4 is 56.1 Å². The Balaban J connectivity index is -0.000000571. The van der Waals surface area contributed by atoms with Crippen molar-refractivity contribution < 1.29 is 141 Å². The van der Waals surface area contributed by atoms with Crippen LogP contribution in [0.15, 0.2) is 0 Å². The zero-order valence-corrected chi connectivity index (χ0v) is 58.6. The van der Waals surface area contributed by atoms with Crippen LogP contribution in [0.4, 0.5) is 36.7 Å². The van der Waals surface area contributed by atoms with Gasteiger partial charge in [-0.25, -0.2) is 28.8 Å². The number of imide groups is 2. The van der Waals surface area contributed by atoms with Gasteiger partial charge >= 0.3 is 89.7 Å². The van der Waals surface area contributed by atoms with Crippen LogP contribution in [0.25, 0.3) is 0 Å². The number of unbranched alkanes of at least 4 members (excludes halogenated alkanes) is 4. The molecule has 7 N–H and O–H groups in total. The number of halogens is 4. The maximum atomic E-state index is 11.7. The molecule has 10 rings (SSSR count). The van der Waals surface area contributed by atoms with Gasteiger partial charge in [-0.15, -0.1) is 10.1 Å². The fraction of sp³-hybridized carbons (Fsp3) is 0.790. The molecule has 10 aliphatic rings. The predicted octanol–water partition coefficient (Wildman–Crippen LogP) is 5.30. The number of carboxylic acids is 1. The number of rotatable bonds is 22. The molecule has 0 aromatic carbocycles. The molecule has 38 heteroatoms. The summed E-state index contributed by atoms with van der Waals surface area (Å²) in [5, 5.41) is 25.7. The van der Waals surface area contributed by atoms with Crippen molar-refractivity contribution in [2.24, 2.45) is 0 Å². The third kappa shape index (κ3) is 29.5. The molecule has 0 aromatic heterocycles. The van der Waals surface area contributed by atoms with Crippen LogP contribution in [0, 0.1) is 0 Å². The van der Waals surface area contributed by atoms with Gasteiger partial charge in [0.25, 0.3) is 23.6 Å². The molecular weight excluding hydrogens is 1420 g/mol. The monoisotopic (exact) mass is 1530 g/mol. The molecule has 10 fully saturated rings. The van der Waals surface area contributed by atoms with E-state index in [1.165, 1.54) is 14.2 Å². The molecule has 12 atom stereocenters. The average Bonchev–Trinajstić information content (AvgIpc) is 1.68. The molecule has 574 valence electrons. The number of hydroxylamine groups is 4. The minimum Gasteiger partial charge on any atom is -0.870 e. The molecule has 29 nitrogen and oxygen atoms in total. The number of likely N-dealkylation sites (N-methyl/N-ethyl adjacent to an activating group) is 3. The van der Waals surface area contributed by atoms with E-state index in [4.69, 9.17) is 11.3 Å². The van der Waals surface area contributed by atoms with Gasteiger partial charge < -0.3 is 71.0 Å². The first-order valence-corrected chi connectivity index (χ1v) is 34.4. The molecule has 10 heterocycles. The minimum absolute atomic E-state index is 0. The number of carboxylic acid groups (broad SMARTS) is 1. The summed E-state index contributed by atoms with van der Waals surface area (Å²) in [6.07, 6.45) is 6.77. The second kappa shape index (κ2) is 49.4. The van der Waals surface area contributed by atoms with E-state index in [2.05, 4.69) is 40.9 Å². The summed E-state index contributed by atoms with van der Waals surface area (Å²) in [5.74, 6) is -3.02. The number of carbonyl (C=O) groups is 13. The van der Waals surface area contributed by atoms with E-state index in [-0.39, 0.29) is 195 Å². The van der Waals surface area contributed by atoms with Gasteiger partial charge in [-0.3, -0.25) is 38.0 Å². The fourth-order valence-electron chi connectivity index (χ4n) is 11.5. The number of hydrogen-bond donors (Lipinski definition) is 6. The summed E-state index contributed by atoms with van der Waals surface area (Å²) in [6, 6.07) is 2.20. The van der Waals surface area contributed by atoms with Crippen LogP contribution >= 0.6 is 47.0 Å². The zero-order chi connectivity index (χ0) is 68.7. The molecular formula is C62H109F4N10NaO19S4. The number of carbonyl (C=O) groups excluding carboxylic acids is 12. The van der Waals surface area contributed by atoms with Gasteiger partial charge in [0, 0.05) is 117 Å². The molecule has 12 amide bonds. The van der Waals surface area contributed by atoms with Crippen LogP contribution in [-0.4, -0.2) is 254 Å². The SMILES string of the molecule is C.C.C.C.C.C.CN1C(=O)N[C@@H]2[C@H](CCCCC(=O)O)SC[C@@H]21.CN1C(=O)N[C@@H]2[C@H](CCCCC(=O)ON3C(=O)CCC3=O)SC[C@@H]21.COC(=O)CCCC[C@@H]1SC[C@@H]2NC(=O)N[C@@H]21.COC(=O)CCCC[C@@H]1SC[C@H]2[C@@H]1NC(=O)N2C.O=C1CCC(=O)N1OC(=O)C(F)(F)F.[2H]CF.[Na+].[OH-]. The minimum atomic E-state index is -5.22. The number of nitrogens with zero attached hydrogens (tertiary/aromatic N) is 5. The number of ether oxygens (including phenoxy) is 2. The third-order valence-corrected chi connectivity index (χ3v) is 22.7. The summed E-state index contributed by atoms with van der Waals surface area (Å²) >= 11 is 7.59. The van der Waals surface area contributed by atoms with Gasteiger partial charge in [0.05, 0.1) is 71.1 Å². The van der Waals surface area contributed by atoms with Crippen molar-refractivity contribution in [2.75, 3.05) is 65.5 Å². The molecule has 0 bridgehead atoms. The van der Waals surface area contributed by atoms with Crippen LogP contribution in [0.1, 0.15) is 174 Å². The van der Waals surface area contributed by atoms with Crippen molar-refractivity contribution in [1.29, 1.82) is 0 Å². The quantitative estimate of drug-likeness (QED) is 0.0200. The second-order valence-electron chi connectivity index (χ2n) is 22.7. The third-order valence-electron chi connectivity index (χ3n) is 16.7. The van der Waals surface area contributed by atoms with Crippen LogP contribution in [-0.2, 0) is 62.3 Å². The molecule has 10 saturated heterocycles. The Morgan fingerprint density at radius 1 is 0.490 bits per heavy atom. The van der Waals surface area contributed by atoms with Crippen LogP contribution in [0.5, 0.6) is 0 Å². The Bertz CT molecular complexity index is 2650. The standard InChI is InChI=1S/C15H21N3O5S.C12H20N2O3S.2C11H18N2O3S.C6H4F3NO4.CH3F.6CH4.Na.H2O/c1-17-9-8-24-10(14(9)16-15(17)22)4-2-3-5-13(21)23-18-11(19)6-7-12(18)20;1-14-8-7-18-9(11(8)13-12(14)16)5-3-4-6-10(15)17-2;1-13-7-6-17-8(10(7)12-11(13)16)4-2-3-5-9(14)15;1-16-9(14)5-3-2-4-8-10-7(6-17-8)12-11(15)13-10;7-6(8,9)5(13)14-10-3(11)1-2-4(10)12;1-2;;;;;;;;/h9-10,14H,2-8H2,1H3,(H,16,22);8-9,11H,3-7H2,1-2H3,(H,13,16);7-8,10H,2-6H2,1H3,(H,12,16)(H,14,15);7-8,10H,2-6H2,1H3,(H2,12,13,15);1-2H2;1H3;6*1H4;;1H2/q;;;;;;;;;;;;+1;/p-1/t9-,10-,14-;8-,9-,11-;2*7-,8-,10-;;;;;;;;;;/m0000........../s1/i;;;;;1D;;;;;;;;. The maximum Gasteiger partial charge on any atom is 1.00 e. The Morgan fingerprint density at radius 2 is 0.790 bits per heavy atom. The zero-order valence-electron chi connectivity index (χ0n) is 54.3. The van der Waals surface area contributed by atoms with Gasteiger partial charge in [-0.1, -0.05) is 70.2 Å². The molecule has 10 aliphatic heterocycles. The van der Waals surface area contributed by atoms with Crippen molar-refractivity contribution in [2.45, 2.75) is 248 Å². The number of fused-ring (bicyclic) bond motifs is 4. The smallest absolute Gasteiger partial charge is 0.870 e. The number of nitrogens with one attached hydrogen (secondary N) is 5. The van der Waals surface area contributed by atoms with Crippen LogP contribution in [0.2, 0.25) is 0 Å². The van der Waals surface area contributed by atoms with Crippen molar-refractivity contribution >= 4 is 125 Å². The van der Waals surface area contributed by atoms with E-state index in [0.717, 1.165) is 93.6 Å². The van der Waals surface area contributed by atoms with E-state index in [1.807, 2.05) is 73.1 Å². The van der Waals surface area contributed by atoms with Gasteiger partial charge in [0.2, 0.25) is 0 Å². The normalized spacial score (nSPS) is 25.6. The van der Waals surface area contributed by atoms with Crippen molar-refractivity contribution in [1.82, 2.24) is 51.4 Å². The fourth-order valence-corrected chi connectivity index (χ4v) is 18.1. The number of esters is 2. The van der Waals surface area contributed by atoms with E-state index >= 15 is 0 Å². The van der Waals surface area contributed by atoms with E-state index in [1.54, 1.807) is 9.80 Å². The first kappa shape index (κ1) is 99.0. The second-order valence-corrected chi connectivity index (χ2v) is 27.8. The molecule has 0 spiro atoms. The number of urea groups is 4. The van der Waals surface area contributed by atoms with Gasteiger partial charge in [0.15, 0.2) is 0 Å². The number of amides is 12. The van der Waals surface area contributed by atoms with Gasteiger partial charge in [-0.05, 0) is 51.4 Å². The molecule has 0 aromatic rings. The number of alkyl halides is 4. The van der Waals surface area contributed by atoms with E-state index < -0.39 is 54.9 Å². The Morgan fingerprint density at radius 3 is 1.11 bits per heavy atom. The first-order valence-electron chi connectivity index (χ1n) is 30.9. The number of aliphatic carboxylic acids is 1. The molecule has 0 unspecified atom stereocenters. The topological polar surface area (TPSA) is 385 Å². The largest absolute Gasteiger partial charge is 1.00 e. The Kier molecular flexibility index (Phi) is 48.9. The first-order chi connectivity index (χ1) is 44.1. The van der Waals surface area contributed by atoms with E-state index in [0.29, 0.717) is 57.4 Å². The summed E-state index contributed by atoms with van der Waals surface area (Å²) in [5.41, 5.74) is 0. The number of thioether (sulfide) groups is 4. The summed E-state index contributed by atoms with van der Waals surface area (Å²) < 4.78 is 59.6. The average molecular weight is 1530 g/mol. The van der Waals surface area contributed by atoms with Crippen molar-refractivity contribution in [3.05, 3.63) is 0 Å². The van der Waals surface area contributed by atoms with Gasteiger partial charge in [0.1, 0.15) is 0 Å². The number of methoxy groups -OCH3 is 2. The van der Waals surface area contributed by atoms with Gasteiger partial charge in [-0.2, -0.15) is 60.2 Å². The summed E-state index contributed by atoms with van der Waals surface area (Å²) in [4.78, 5) is 158. The summed E-state index contributed by atoms with van der Waals surface area (Å²) in [7, 11) is 7.36. The molecule has 100 heavy (non-hydrogen) atoms. The van der Waals surface area contributed by atoms with E-state index in [9.17, 15) is 79.9 Å². The van der Waals surface area contributed by atoms with Crippen molar-refractivity contribution in [3.8, 4) is 0 Å². The predicted molar refractivity (Wildman–Crippen MR) is 371 cm³/mol. The number of hydrogen-bond acceptors (Lipinski definition) is 22.